The quantitative estimate of drug-likeness (QED) is 0.691. The van der Waals surface area contributed by atoms with E-state index in [0.29, 0.717) is 18.4 Å². The van der Waals surface area contributed by atoms with Crippen molar-refractivity contribution >= 4 is 5.91 Å². The lowest BCUT2D eigenvalue weighted by atomic mass is 9.77. The average molecular weight is 223 g/mol. The van der Waals surface area contributed by atoms with E-state index in [9.17, 15) is 9.90 Å². The van der Waals surface area contributed by atoms with Gasteiger partial charge < -0.3 is 14.7 Å². The summed E-state index contributed by atoms with van der Waals surface area (Å²) in [5.74, 6) is 1.14. The summed E-state index contributed by atoms with van der Waals surface area (Å²) in [5.41, 5.74) is -0.432. The highest BCUT2D eigenvalue weighted by Gasteiger charge is 2.76. The van der Waals surface area contributed by atoms with Gasteiger partial charge in [0.1, 0.15) is 5.72 Å². The van der Waals surface area contributed by atoms with Crippen LogP contribution in [0.4, 0.5) is 0 Å². The topological polar surface area (TPSA) is 49.8 Å². The first kappa shape index (κ1) is 9.42. The fraction of sp³-hybridized carbons (Fsp3) is 0.917. The lowest BCUT2D eigenvalue weighted by Gasteiger charge is -2.35. The van der Waals surface area contributed by atoms with Gasteiger partial charge in [0.15, 0.2) is 0 Å². The molecular formula is C12H17NO3. The summed E-state index contributed by atoms with van der Waals surface area (Å²) in [6.07, 6.45) is 0.564. The Balaban J connectivity index is 1.88. The molecule has 16 heavy (non-hydrogen) atoms. The summed E-state index contributed by atoms with van der Waals surface area (Å²) in [5, 5.41) is 10.1. The third-order valence-corrected chi connectivity index (χ3v) is 5.45. The Bertz CT molecular complexity index is 384. The second-order valence-electron chi connectivity index (χ2n) is 5.83. The van der Waals surface area contributed by atoms with Gasteiger partial charge in [0.05, 0.1) is 18.1 Å². The number of carbonyl (C=O) groups is 1. The van der Waals surface area contributed by atoms with E-state index in [1.807, 2.05) is 18.7 Å². The Morgan fingerprint density at radius 3 is 3.00 bits per heavy atom. The molecule has 1 N–H and O–H groups in total. The van der Waals surface area contributed by atoms with E-state index >= 15 is 0 Å². The van der Waals surface area contributed by atoms with Gasteiger partial charge in [0, 0.05) is 12.5 Å². The second kappa shape index (κ2) is 2.46. The molecule has 4 nitrogen and oxygen atoms in total. The maximum absolute atomic E-state index is 12.3. The Kier molecular flexibility index (Phi) is 1.45. The number of ether oxygens (including phenoxy) is 1. The lowest BCUT2D eigenvalue weighted by Crippen LogP contribution is -2.48. The summed E-state index contributed by atoms with van der Waals surface area (Å²) in [6, 6.07) is 0. The first-order valence-electron chi connectivity index (χ1n) is 6.27. The highest BCUT2D eigenvalue weighted by molar-refractivity contribution is 5.84. The minimum Gasteiger partial charge on any atom is -0.390 e. The molecule has 0 unspecified atom stereocenters. The fourth-order valence-corrected chi connectivity index (χ4v) is 5.02. The molecule has 7 atom stereocenters. The number of carbonyl (C=O) groups excluding carboxylic acids is 1. The van der Waals surface area contributed by atoms with Crippen molar-refractivity contribution < 1.29 is 14.6 Å². The van der Waals surface area contributed by atoms with Gasteiger partial charge in [-0.1, -0.05) is 0 Å². The van der Waals surface area contributed by atoms with Gasteiger partial charge in [0.2, 0.25) is 5.91 Å². The summed E-state index contributed by atoms with van der Waals surface area (Å²) in [7, 11) is 0. The van der Waals surface area contributed by atoms with Gasteiger partial charge in [0.25, 0.3) is 0 Å². The predicted molar refractivity (Wildman–Crippen MR) is 55.2 cm³/mol. The summed E-state index contributed by atoms with van der Waals surface area (Å²) >= 11 is 0. The van der Waals surface area contributed by atoms with Crippen LogP contribution in [0.5, 0.6) is 0 Å². The van der Waals surface area contributed by atoms with Crippen LogP contribution >= 0.6 is 0 Å². The standard InChI is InChI=1S/C12H17NO3/c1-3-13-11(15)7-5-4-6-8(7)12(13,2)16-10(6)9(5)14/h5-10,14H,3-4H2,1-2H3/t5-,6-,7-,8+,9+,10+,12-/m1/s1. The summed E-state index contributed by atoms with van der Waals surface area (Å²) < 4.78 is 6.06. The van der Waals surface area contributed by atoms with Crippen LogP contribution in [0.1, 0.15) is 20.3 Å². The van der Waals surface area contributed by atoms with E-state index in [1.54, 1.807) is 0 Å². The summed E-state index contributed by atoms with van der Waals surface area (Å²) in [6.45, 7) is 4.75. The number of nitrogens with zero attached hydrogens (tertiary/aromatic N) is 1. The van der Waals surface area contributed by atoms with Gasteiger partial charge in [-0.2, -0.15) is 0 Å². The molecule has 2 heterocycles. The Morgan fingerprint density at radius 1 is 1.56 bits per heavy atom. The van der Waals surface area contributed by atoms with E-state index in [1.165, 1.54) is 0 Å². The van der Waals surface area contributed by atoms with Gasteiger partial charge in [-0.05, 0) is 32.1 Å². The van der Waals surface area contributed by atoms with Crippen LogP contribution in [0, 0.1) is 23.7 Å². The SMILES string of the molecule is CCN1C(=O)[C@@H]2[C@H]3C[C@H]4[C@H](O[C@]1(C)[C@@H]42)[C@H]3O. The van der Waals surface area contributed by atoms with E-state index in [0.717, 1.165) is 6.42 Å². The number of rotatable bonds is 1. The van der Waals surface area contributed by atoms with Gasteiger partial charge in [-0.25, -0.2) is 0 Å². The van der Waals surface area contributed by atoms with E-state index in [4.69, 9.17) is 4.74 Å². The molecule has 4 rings (SSSR count). The smallest absolute Gasteiger partial charge is 0.228 e. The third kappa shape index (κ3) is 0.695. The van der Waals surface area contributed by atoms with Crippen LogP contribution in [0.25, 0.3) is 0 Å². The van der Waals surface area contributed by atoms with Crippen molar-refractivity contribution in [3.8, 4) is 0 Å². The van der Waals surface area contributed by atoms with Crippen LogP contribution in [-0.2, 0) is 9.53 Å². The van der Waals surface area contributed by atoms with Crippen molar-refractivity contribution in [3.63, 3.8) is 0 Å². The normalized spacial score (nSPS) is 61.4. The largest absolute Gasteiger partial charge is 0.390 e. The fourth-order valence-electron chi connectivity index (χ4n) is 5.02. The highest BCUT2D eigenvalue weighted by atomic mass is 16.6. The average Bonchev–Trinajstić information content (AvgIpc) is 2.86. The second-order valence-corrected chi connectivity index (χ2v) is 5.83. The molecule has 0 aromatic rings. The maximum Gasteiger partial charge on any atom is 0.228 e. The number of amides is 1. The Hall–Kier alpha value is -0.610. The van der Waals surface area contributed by atoms with Crippen molar-refractivity contribution in [3.05, 3.63) is 0 Å². The zero-order valence-corrected chi connectivity index (χ0v) is 9.59. The number of aliphatic hydroxyl groups is 1. The zero-order valence-electron chi connectivity index (χ0n) is 9.59. The molecule has 2 saturated carbocycles. The number of aliphatic hydroxyl groups excluding tert-OH is 1. The predicted octanol–water partition coefficient (Wildman–Crippen LogP) is 0.207. The monoisotopic (exact) mass is 223 g/mol. The number of hydrogen-bond donors (Lipinski definition) is 1. The molecule has 88 valence electrons. The van der Waals surface area contributed by atoms with Crippen molar-refractivity contribution in [1.29, 1.82) is 0 Å². The Morgan fingerprint density at radius 2 is 2.31 bits per heavy atom. The molecule has 2 aliphatic carbocycles. The molecule has 0 radical (unpaired) electrons. The number of fused-ring (bicyclic) bond motifs is 2. The molecule has 4 aliphatic rings. The van der Waals surface area contributed by atoms with Crippen LogP contribution in [-0.4, -0.2) is 40.4 Å². The molecule has 2 bridgehead atoms. The molecule has 0 aromatic carbocycles. The minimum atomic E-state index is -0.432. The van der Waals surface area contributed by atoms with Crippen LogP contribution in [0.3, 0.4) is 0 Å². The van der Waals surface area contributed by atoms with Crippen molar-refractivity contribution in [1.82, 2.24) is 4.90 Å². The van der Waals surface area contributed by atoms with Crippen LogP contribution < -0.4 is 0 Å². The van der Waals surface area contributed by atoms with Crippen LogP contribution in [0.2, 0.25) is 0 Å². The maximum atomic E-state index is 12.3. The summed E-state index contributed by atoms with van der Waals surface area (Å²) in [4.78, 5) is 14.2. The lowest BCUT2D eigenvalue weighted by molar-refractivity contribution is -0.171. The molecule has 2 saturated heterocycles. The van der Waals surface area contributed by atoms with Gasteiger partial charge >= 0.3 is 0 Å². The van der Waals surface area contributed by atoms with E-state index < -0.39 is 11.8 Å². The molecule has 4 fully saturated rings. The number of likely N-dealkylation sites (tertiary alicyclic amines) is 1. The molecule has 0 spiro atoms. The molecule has 2 aliphatic heterocycles. The zero-order chi connectivity index (χ0) is 11.2. The van der Waals surface area contributed by atoms with Crippen LogP contribution in [0.15, 0.2) is 0 Å². The minimum absolute atomic E-state index is 0.0154. The van der Waals surface area contributed by atoms with E-state index in [2.05, 4.69) is 0 Å². The highest BCUT2D eigenvalue weighted by Crippen LogP contribution is 2.67. The first-order valence-corrected chi connectivity index (χ1v) is 6.27. The molecule has 1 amide bonds. The third-order valence-electron chi connectivity index (χ3n) is 5.45. The molecule has 4 heteroatoms. The van der Waals surface area contributed by atoms with Crippen molar-refractivity contribution in [2.75, 3.05) is 6.54 Å². The molecule has 0 aromatic heterocycles. The van der Waals surface area contributed by atoms with Gasteiger partial charge in [-0.15, -0.1) is 0 Å². The number of hydrogen-bond acceptors (Lipinski definition) is 3. The van der Waals surface area contributed by atoms with Gasteiger partial charge in [-0.3, -0.25) is 4.79 Å². The van der Waals surface area contributed by atoms with Crippen molar-refractivity contribution in [2.45, 2.75) is 38.2 Å². The first-order chi connectivity index (χ1) is 7.59. The van der Waals surface area contributed by atoms with E-state index in [-0.39, 0.29) is 23.8 Å². The molecular weight excluding hydrogens is 206 g/mol. The van der Waals surface area contributed by atoms with Crippen molar-refractivity contribution in [2.24, 2.45) is 23.7 Å². The Labute approximate surface area is 94.6 Å².